The van der Waals surface area contributed by atoms with Crippen molar-refractivity contribution in [3.63, 3.8) is 0 Å². The number of carbonyl (C=O) groups excluding carboxylic acids is 2. The lowest BCUT2D eigenvalue weighted by Crippen LogP contribution is -2.37. The summed E-state index contributed by atoms with van der Waals surface area (Å²) in [5, 5.41) is 9.73. The third kappa shape index (κ3) is 5.15. The topological polar surface area (TPSA) is 75.3 Å². The van der Waals surface area contributed by atoms with E-state index >= 15 is 0 Å². The van der Waals surface area contributed by atoms with Gasteiger partial charge in [0.1, 0.15) is 5.75 Å². The Labute approximate surface area is 194 Å². The minimum atomic E-state index is 0.109. The van der Waals surface area contributed by atoms with Crippen molar-refractivity contribution in [3.05, 3.63) is 65.9 Å². The normalized spacial score (nSPS) is 14.8. The first kappa shape index (κ1) is 22.8. The van der Waals surface area contributed by atoms with Crippen LogP contribution in [0.1, 0.15) is 53.3 Å². The van der Waals surface area contributed by atoms with Gasteiger partial charge in [0.2, 0.25) is 0 Å². The Morgan fingerprint density at radius 1 is 1.09 bits per heavy atom. The van der Waals surface area contributed by atoms with Crippen LogP contribution in [0.3, 0.4) is 0 Å². The molecule has 1 aromatic heterocycles. The molecule has 4 rings (SSSR count). The third-order valence-electron chi connectivity index (χ3n) is 6.53. The van der Waals surface area contributed by atoms with Crippen LogP contribution in [0.25, 0.3) is 10.9 Å². The van der Waals surface area contributed by atoms with Crippen LogP contribution < -0.4 is 4.74 Å². The monoisotopic (exact) mass is 443 g/mol. The van der Waals surface area contributed by atoms with E-state index in [0.29, 0.717) is 12.2 Å². The summed E-state index contributed by atoms with van der Waals surface area (Å²) in [6.45, 7) is 5.43. The van der Waals surface area contributed by atoms with Crippen LogP contribution in [0.4, 0.5) is 0 Å². The largest absolute Gasteiger partial charge is 0.388 e. The fourth-order valence-corrected chi connectivity index (χ4v) is 4.71. The highest BCUT2D eigenvalue weighted by molar-refractivity contribution is 6.08. The van der Waals surface area contributed by atoms with Gasteiger partial charge >= 0.3 is 0 Å². The maximum absolute atomic E-state index is 12.7. The number of nitriles is 1. The first-order valence-corrected chi connectivity index (χ1v) is 11.6. The molecule has 0 atom stereocenters. The molecule has 0 saturated carbocycles. The van der Waals surface area contributed by atoms with Crippen LogP contribution in [0.2, 0.25) is 0 Å². The number of aromatic nitrogens is 1. The van der Waals surface area contributed by atoms with Gasteiger partial charge in [0.05, 0.1) is 5.52 Å². The minimum absolute atomic E-state index is 0.109. The summed E-state index contributed by atoms with van der Waals surface area (Å²) < 4.78 is 7.09. The number of benzene rings is 2. The summed E-state index contributed by atoms with van der Waals surface area (Å²) in [4.78, 5) is 27.6. The van der Waals surface area contributed by atoms with Gasteiger partial charge in [-0.15, -0.1) is 5.26 Å². The molecule has 1 fully saturated rings. The molecule has 0 amide bonds. The van der Waals surface area contributed by atoms with Crippen LogP contribution in [0.15, 0.2) is 54.7 Å². The first-order valence-electron chi connectivity index (χ1n) is 11.6. The van der Waals surface area contributed by atoms with Gasteiger partial charge in [-0.2, -0.15) is 0 Å². The highest BCUT2D eigenvalue weighted by Gasteiger charge is 2.25. The average Bonchev–Trinajstić information content (AvgIpc) is 3.22. The zero-order valence-corrected chi connectivity index (χ0v) is 19.0. The Hall–Kier alpha value is -3.43. The van der Waals surface area contributed by atoms with Gasteiger partial charge in [-0.05, 0) is 51.0 Å². The van der Waals surface area contributed by atoms with E-state index in [2.05, 4.69) is 9.47 Å². The second-order valence-electron chi connectivity index (χ2n) is 8.58. The number of carbonyl (C=O) groups is 2. The lowest BCUT2D eigenvalue weighted by molar-refractivity contribution is 0.0838. The predicted octanol–water partition coefficient (Wildman–Crippen LogP) is 5.08. The van der Waals surface area contributed by atoms with Crippen molar-refractivity contribution in [1.29, 1.82) is 5.26 Å². The summed E-state index contributed by atoms with van der Waals surface area (Å²) >= 11 is 0. The average molecular weight is 444 g/mol. The number of fused-ring (bicyclic) bond motifs is 1. The molecule has 0 unspecified atom stereocenters. The summed E-state index contributed by atoms with van der Waals surface area (Å²) in [5.41, 5.74) is 2.44. The number of ether oxygens (including phenoxy) is 1. The fraction of sp³-hybridized carbons (Fsp3) is 0.370. The molecular formula is C27H29N3O3. The highest BCUT2D eigenvalue weighted by atomic mass is 16.5. The van der Waals surface area contributed by atoms with Crippen LogP contribution >= 0.6 is 0 Å². The second kappa shape index (κ2) is 10.5. The van der Waals surface area contributed by atoms with E-state index < -0.39 is 0 Å². The van der Waals surface area contributed by atoms with Crippen molar-refractivity contribution in [2.45, 2.75) is 39.2 Å². The van der Waals surface area contributed by atoms with Crippen molar-refractivity contribution in [1.82, 2.24) is 9.47 Å². The molecule has 2 heterocycles. The summed E-state index contributed by atoms with van der Waals surface area (Å²) in [6.07, 6.45) is 6.81. The molecule has 1 saturated heterocycles. The number of rotatable bonds is 9. The molecule has 0 N–H and O–H groups in total. The molecule has 6 heteroatoms. The Morgan fingerprint density at radius 2 is 1.85 bits per heavy atom. The molecule has 33 heavy (non-hydrogen) atoms. The molecule has 6 nitrogen and oxygen atoms in total. The molecular weight excluding hydrogens is 414 g/mol. The number of Topliss-reactive ketones (excluding diaryl/α,β-unsaturated/α-hetero) is 2. The quantitative estimate of drug-likeness (QED) is 0.341. The maximum atomic E-state index is 12.7. The smallest absolute Gasteiger partial charge is 0.292 e. The predicted molar refractivity (Wildman–Crippen MR) is 127 cm³/mol. The Kier molecular flexibility index (Phi) is 7.21. The minimum Gasteiger partial charge on any atom is -0.388 e. The van der Waals surface area contributed by atoms with Gasteiger partial charge in [-0.3, -0.25) is 9.59 Å². The van der Waals surface area contributed by atoms with E-state index in [1.54, 1.807) is 12.3 Å². The number of aryl methyl sites for hydroxylation is 1. The first-order chi connectivity index (χ1) is 16.1. The standard InChI is InChI=1S/C27H29N3O3/c1-2-26(31)24-18-30(25-17-22(33-19-28)9-10-23(24)25)14-6-13-29-15-11-21(12-16-29)27(32)20-7-4-3-5-8-20/h3-5,7-10,17-18,21H,2,6,11-16H2,1H3. The van der Waals surface area contributed by atoms with E-state index in [0.717, 1.165) is 67.5 Å². The molecule has 1 aliphatic heterocycles. The van der Waals surface area contributed by atoms with Crippen molar-refractivity contribution in [2.24, 2.45) is 5.92 Å². The molecule has 3 aromatic rings. The molecule has 170 valence electrons. The van der Waals surface area contributed by atoms with Gasteiger partial charge < -0.3 is 14.2 Å². The van der Waals surface area contributed by atoms with Gasteiger partial charge in [-0.25, -0.2) is 0 Å². The molecule has 0 bridgehead atoms. The number of likely N-dealkylation sites (tertiary alicyclic amines) is 1. The maximum Gasteiger partial charge on any atom is 0.292 e. The molecule has 2 aromatic carbocycles. The molecule has 1 aliphatic rings. The van der Waals surface area contributed by atoms with E-state index in [-0.39, 0.29) is 17.5 Å². The van der Waals surface area contributed by atoms with Crippen LogP contribution in [0, 0.1) is 17.4 Å². The third-order valence-corrected chi connectivity index (χ3v) is 6.53. The summed E-state index contributed by atoms with van der Waals surface area (Å²) in [6, 6.07) is 15.0. The molecule has 0 radical (unpaired) electrons. The van der Waals surface area contributed by atoms with Gasteiger partial charge in [0, 0.05) is 47.7 Å². The zero-order chi connectivity index (χ0) is 23.2. The Balaban J connectivity index is 1.36. The number of ketones is 2. The van der Waals surface area contributed by atoms with Gasteiger partial charge in [0.15, 0.2) is 11.6 Å². The Morgan fingerprint density at radius 3 is 2.55 bits per heavy atom. The van der Waals surface area contributed by atoms with Gasteiger partial charge in [-0.1, -0.05) is 37.3 Å². The molecule has 0 aliphatic carbocycles. The van der Waals surface area contributed by atoms with Crippen LogP contribution in [-0.2, 0) is 6.54 Å². The lowest BCUT2D eigenvalue weighted by atomic mass is 9.89. The number of hydrogen-bond donors (Lipinski definition) is 0. The fourth-order valence-electron chi connectivity index (χ4n) is 4.71. The van der Waals surface area contributed by atoms with Gasteiger partial charge in [0.25, 0.3) is 6.26 Å². The number of hydrogen-bond acceptors (Lipinski definition) is 5. The van der Waals surface area contributed by atoms with Crippen molar-refractivity contribution in [2.75, 3.05) is 19.6 Å². The van der Waals surface area contributed by atoms with Crippen LogP contribution in [0.5, 0.6) is 5.75 Å². The van der Waals surface area contributed by atoms with Crippen molar-refractivity contribution in [3.8, 4) is 12.0 Å². The Bertz CT molecular complexity index is 1170. The summed E-state index contributed by atoms with van der Waals surface area (Å²) in [7, 11) is 0. The zero-order valence-electron chi connectivity index (χ0n) is 19.0. The highest BCUT2D eigenvalue weighted by Crippen LogP contribution is 2.28. The number of nitrogens with zero attached hydrogens (tertiary/aromatic N) is 3. The van der Waals surface area contributed by atoms with Crippen molar-refractivity contribution >= 4 is 22.5 Å². The van der Waals surface area contributed by atoms with E-state index in [1.807, 2.05) is 55.6 Å². The molecule has 0 spiro atoms. The lowest BCUT2D eigenvalue weighted by Gasteiger charge is -2.31. The number of piperidine rings is 1. The SMILES string of the molecule is CCC(=O)c1cn(CCCN2CCC(C(=O)c3ccccc3)CC2)c2cc(OC#N)ccc12. The van der Waals surface area contributed by atoms with E-state index in [9.17, 15) is 9.59 Å². The van der Waals surface area contributed by atoms with E-state index in [1.165, 1.54) is 0 Å². The summed E-state index contributed by atoms with van der Waals surface area (Å²) in [5.74, 6) is 0.957. The van der Waals surface area contributed by atoms with E-state index in [4.69, 9.17) is 10.00 Å². The second-order valence-corrected chi connectivity index (χ2v) is 8.58. The van der Waals surface area contributed by atoms with Crippen LogP contribution in [-0.4, -0.2) is 40.7 Å². The van der Waals surface area contributed by atoms with Crippen molar-refractivity contribution < 1.29 is 14.3 Å².